The lowest BCUT2D eigenvalue weighted by molar-refractivity contribution is -0.116. The number of nitrogens with one attached hydrogen (secondary N) is 3. The molecular weight excluding hydrogens is 396 g/mol. The van der Waals surface area contributed by atoms with Crippen LogP contribution in [0.15, 0.2) is 41.4 Å². The molecule has 1 unspecified atom stereocenters. The van der Waals surface area contributed by atoms with E-state index in [0.717, 1.165) is 23.4 Å². The van der Waals surface area contributed by atoms with Crippen molar-refractivity contribution < 1.29 is 19.0 Å². The molecule has 8 heteroatoms. The Labute approximate surface area is 183 Å². The third-order valence-corrected chi connectivity index (χ3v) is 5.11. The van der Waals surface area contributed by atoms with Gasteiger partial charge in [-0.1, -0.05) is 18.2 Å². The van der Waals surface area contributed by atoms with E-state index in [4.69, 9.17) is 19.2 Å². The number of fused-ring (bicyclic) bond motifs is 1. The molecule has 1 aliphatic heterocycles. The fourth-order valence-electron chi connectivity index (χ4n) is 3.64. The zero-order valence-corrected chi connectivity index (χ0v) is 18.5. The number of benzene rings is 2. The Balaban J connectivity index is 1.74. The molecular formula is C23H30N4O4. The van der Waals surface area contributed by atoms with Crippen molar-refractivity contribution in [3.05, 3.63) is 47.5 Å². The predicted molar refractivity (Wildman–Crippen MR) is 121 cm³/mol. The Kier molecular flexibility index (Phi) is 7.59. The first-order valence-corrected chi connectivity index (χ1v) is 10.3. The summed E-state index contributed by atoms with van der Waals surface area (Å²) in [6.45, 7) is 3.77. The number of methoxy groups -OCH3 is 3. The van der Waals surface area contributed by atoms with Gasteiger partial charge in [0.2, 0.25) is 11.7 Å². The first kappa shape index (κ1) is 22.3. The van der Waals surface area contributed by atoms with Crippen molar-refractivity contribution in [1.82, 2.24) is 10.6 Å². The van der Waals surface area contributed by atoms with Crippen LogP contribution in [0, 0.1) is 0 Å². The summed E-state index contributed by atoms with van der Waals surface area (Å²) in [5.74, 6) is 2.53. The SMILES string of the molecule is CCNC(=NCc1cc(OC)c(OC)c(OC)c1)NCC1CC(=O)Nc2ccccc21. The van der Waals surface area contributed by atoms with Gasteiger partial charge in [-0.2, -0.15) is 0 Å². The summed E-state index contributed by atoms with van der Waals surface area (Å²) in [7, 11) is 4.76. The molecule has 8 nitrogen and oxygen atoms in total. The molecule has 3 N–H and O–H groups in total. The topological polar surface area (TPSA) is 93.2 Å². The van der Waals surface area contributed by atoms with E-state index < -0.39 is 0 Å². The number of amides is 1. The molecule has 0 bridgehead atoms. The van der Waals surface area contributed by atoms with E-state index in [9.17, 15) is 4.79 Å². The highest BCUT2D eigenvalue weighted by atomic mass is 16.5. The fraction of sp³-hybridized carbons (Fsp3) is 0.391. The van der Waals surface area contributed by atoms with Gasteiger partial charge in [0.1, 0.15) is 0 Å². The molecule has 1 amide bonds. The van der Waals surface area contributed by atoms with Gasteiger partial charge in [-0.15, -0.1) is 0 Å². The molecule has 1 heterocycles. The summed E-state index contributed by atoms with van der Waals surface area (Å²) in [5.41, 5.74) is 2.94. The average Bonchev–Trinajstić information content (AvgIpc) is 2.79. The van der Waals surface area contributed by atoms with E-state index >= 15 is 0 Å². The predicted octanol–water partition coefficient (Wildman–Crippen LogP) is 2.89. The summed E-state index contributed by atoms with van der Waals surface area (Å²) in [6.07, 6.45) is 0.441. The number of carbonyl (C=O) groups is 1. The van der Waals surface area contributed by atoms with Crippen molar-refractivity contribution in [2.24, 2.45) is 4.99 Å². The minimum absolute atomic E-state index is 0.0323. The first-order valence-electron chi connectivity index (χ1n) is 10.3. The highest BCUT2D eigenvalue weighted by molar-refractivity contribution is 5.94. The van der Waals surface area contributed by atoms with Crippen molar-refractivity contribution in [3.8, 4) is 17.2 Å². The number of rotatable bonds is 8. The minimum atomic E-state index is 0.0323. The molecule has 0 aliphatic carbocycles. The molecule has 0 saturated heterocycles. The van der Waals surface area contributed by atoms with Gasteiger partial charge in [-0.05, 0) is 36.2 Å². The smallest absolute Gasteiger partial charge is 0.225 e. The number of anilines is 1. The van der Waals surface area contributed by atoms with Crippen LogP contribution >= 0.6 is 0 Å². The van der Waals surface area contributed by atoms with Crippen molar-refractivity contribution in [1.29, 1.82) is 0 Å². The van der Waals surface area contributed by atoms with Gasteiger partial charge in [-0.3, -0.25) is 4.79 Å². The fourth-order valence-corrected chi connectivity index (χ4v) is 3.64. The third-order valence-electron chi connectivity index (χ3n) is 5.11. The Hall–Kier alpha value is -3.42. The van der Waals surface area contributed by atoms with E-state index in [1.807, 2.05) is 37.3 Å². The van der Waals surface area contributed by atoms with Crippen LogP contribution in [-0.2, 0) is 11.3 Å². The summed E-state index contributed by atoms with van der Waals surface area (Å²) < 4.78 is 16.2. The molecule has 3 rings (SSSR count). The second kappa shape index (κ2) is 10.6. The van der Waals surface area contributed by atoms with Crippen LogP contribution in [0.3, 0.4) is 0 Å². The van der Waals surface area contributed by atoms with Crippen LogP contribution in [0.4, 0.5) is 5.69 Å². The Morgan fingerprint density at radius 1 is 1.10 bits per heavy atom. The van der Waals surface area contributed by atoms with Gasteiger partial charge in [0.05, 0.1) is 27.9 Å². The maximum atomic E-state index is 12.1. The molecule has 0 fully saturated rings. The van der Waals surface area contributed by atoms with Gasteiger partial charge in [0.15, 0.2) is 17.5 Å². The molecule has 0 saturated carbocycles. The second-order valence-corrected chi connectivity index (χ2v) is 7.15. The largest absolute Gasteiger partial charge is 0.493 e. The molecule has 2 aromatic rings. The van der Waals surface area contributed by atoms with Gasteiger partial charge >= 0.3 is 0 Å². The summed E-state index contributed by atoms with van der Waals surface area (Å²) in [6, 6.07) is 11.7. The standard InChI is InChI=1S/C23H30N4O4/c1-5-24-23(25-13-15-10-19(29-2)22(31-4)20(11-15)30-3)26-14-16-12-21(28)27-18-9-7-6-8-17(16)18/h6-11,16H,5,12-14H2,1-4H3,(H,27,28)(H2,24,25,26). The molecule has 166 valence electrons. The molecule has 0 spiro atoms. The number of aliphatic imine (C=N–C) groups is 1. The zero-order valence-electron chi connectivity index (χ0n) is 18.5. The Morgan fingerprint density at radius 2 is 1.81 bits per heavy atom. The maximum absolute atomic E-state index is 12.1. The molecule has 31 heavy (non-hydrogen) atoms. The highest BCUT2D eigenvalue weighted by Gasteiger charge is 2.24. The number of carbonyl (C=O) groups excluding carboxylic acids is 1. The Bertz CT molecular complexity index is 920. The average molecular weight is 427 g/mol. The van der Waals surface area contributed by atoms with Crippen LogP contribution in [0.5, 0.6) is 17.2 Å². The second-order valence-electron chi connectivity index (χ2n) is 7.15. The Morgan fingerprint density at radius 3 is 2.45 bits per heavy atom. The van der Waals surface area contributed by atoms with Crippen LogP contribution in [0.1, 0.15) is 30.4 Å². The molecule has 0 aromatic heterocycles. The lowest BCUT2D eigenvalue weighted by Gasteiger charge is -2.26. The van der Waals surface area contributed by atoms with E-state index in [1.54, 1.807) is 21.3 Å². The third kappa shape index (κ3) is 5.39. The van der Waals surface area contributed by atoms with E-state index in [-0.39, 0.29) is 11.8 Å². The summed E-state index contributed by atoms with van der Waals surface area (Å²) in [5, 5.41) is 9.57. The van der Waals surface area contributed by atoms with Crippen molar-refractivity contribution in [3.63, 3.8) is 0 Å². The molecule has 2 aromatic carbocycles. The monoisotopic (exact) mass is 426 g/mol. The van der Waals surface area contributed by atoms with Gasteiger partial charge in [0, 0.05) is 31.1 Å². The maximum Gasteiger partial charge on any atom is 0.225 e. The molecule has 1 aliphatic rings. The van der Waals surface area contributed by atoms with Crippen LogP contribution < -0.4 is 30.2 Å². The van der Waals surface area contributed by atoms with Crippen LogP contribution in [-0.4, -0.2) is 46.3 Å². The van der Waals surface area contributed by atoms with Crippen LogP contribution in [0.25, 0.3) is 0 Å². The zero-order chi connectivity index (χ0) is 22.2. The van der Waals surface area contributed by atoms with E-state index in [0.29, 0.717) is 42.7 Å². The van der Waals surface area contributed by atoms with Crippen molar-refractivity contribution >= 4 is 17.6 Å². The number of hydrogen-bond acceptors (Lipinski definition) is 5. The van der Waals surface area contributed by atoms with Crippen molar-refractivity contribution in [2.45, 2.75) is 25.8 Å². The van der Waals surface area contributed by atoms with E-state index in [1.165, 1.54) is 0 Å². The van der Waals surface area contributed by atoms with Gasteiger partial charge < -0.3 is 30.2 Å². The van der Waals surface area contributed by atoms with Crippen molar-refractivity contribution in [2.75, 3.05) is 39.7 Å². The number of guanidine groups is 1. The molecule has 0 radical (unpaired) electrons. The van der Waals surface area contributed by atoms with Gasteiger partial charge in [-0.25, -0.2) is 4.99 Å². The first-order chi connectivity index (χ1) is 15.1. The number of para-hydroxylation sites is 1. The van der Waals surface area contributed by atoms with Gasteiger partial charge in [0.25, 0.3) is 0 Å². The minimum Gasteiger partial charge on any atom is -0.493 e. The number of nitrogens with zero attached hydrogens (tertiary/aromatic N) is 1. The van der Waals surface area contributed by atoms with Crippen LogP contribution in [0.2, 0.25) is 0 Å². The van der Waals surface area contributed by atoms with E-state index in [2.05, 4.69) is 22.0 Å². The lowest BCUT2D eigenvalue weighted by Crippen LogP contribution is -2.40. The summed E-state index contributed by atoms with van der Waals surface area (Å²) in [4.78, 5) is 16.8. The normalized spacial score (nSPS) is 15.5. The number of ether oxygens (including phenoxy) is 3. The molecule has 1 atom stereocenters. The lowest BCUT2D eigenvalue weighted by atomic mass is 9.90. The number of hydrogen-bond donors (Lipinski definition) is 3. The quantitative estimate of drug-likeness (QED) is 0.444. The summed E-state index contributed by atoms with van der Waals surface area (Å²) >= 11 is 0. The highest BCUT2D eigenvalue weighted by Crippen LogP contribution is 2.38.